The number of nitrogens with one attached hydrogen (secondary N) is 1. The van der Waals surface area contributed by atoms with Crippen molar-refractivity contribution < 1.29 is 27.4 Å². The van der Waals surface area contributed by atoms with Crippen LogP contribution in [0.5, 0.6) is 17.2 Å². The topological polar surface area (TPSA) is 94.2 Å². The van der Waals surface area contributed by atoms with Crippen molar-refractivity contribution in [3.63, 3.8) is 0 Å². The van der Waals surface area contributed by atoms with Crippen molar-refractivity contribution in [2.24, 2.45) is 0 Å². The Morgan fingerprint density at radius 3 is 2.14 bits per heavy atom. The van der Waals surface area contributed by atoms with Crippen molar-refractivity contribution in [3.05, 3.63) is 83.9 Å². The minimum absolute atomic E-state index is 0.217. The summed E-state index contributed by atoms with van der Waals surface area (Å²) in [7, 11) is -3.69. The van der Waals surface area contributed by atoms with Crippen LogP contribution >= 0.6 is 0 Å². The van der Waals surface area contributed by atoms with Crippen molar-refractivity contribution >= 4 is 21.6 Å². The molecule has 3 aromatic rings. The first-order valence-corrected chi connectivity index (χ1v) is 13.5. The molecule has 0 atom stereocenters. The zero-order chi connectivity index (χ0) is 26.0. The maximum Gasteiger partial charge on any atom is 0.241 e. The van der Waals surface area contributed by atoms with Crippen molar-refractivity contribution in [1.29, 1.82) is 0 Å². The third-order valence-corrected chi connectivity index (χ3v) is 6.30. The number of sulfonamides is 1. The lowest BCUT2D eigenvalue weighted by atomic mass is 10.2. The standard InChI is InChI=1S/C27H32N2O6S/c1-4-33-25-16-11-22(17-26(25)34-5-2)18-28-27(30)19-29(36(3,31)32)23-12-14-24(15-13-23)35-20-21-9-7-6-8-10-21/h6-17H,4-5,18-20H2,1-3H3,(H,28,30). The number of carbonyl (C=O) groups is 1. The van der Waals surface area contributed by atoms with Crippen LogP contribution in [0.3, 0.4) is 0 Å². The molecule has 36 heavy (non-hydrogen) atoms. The van der Waals surface area contributed by atoms with E-state index in [4.69, 9.17) is 14.2 Å². The van der Waals surface area contributed by atoms with E-state index in [0.717, 1.165) is 21.7 Å². The molecule has 0 unspecified atom stereocenters. The number of nitrogens with zero attached hydrogens (tertiary/aromatic N) is 1. The summed E-state index contributed by atoms with van der Waals surface area (Å²) in [5.74, 6) is 1.39. The molecule has 0 bridgehead atoms. The second-order valence-electron chi connectivity index (χ2n) is 7.96. The number of amides is 1. The number of ether oxygens (including phenoxy) is 3. The maximum atomic E-state index is 12.7. The molecule has 0 aromatic heterocycles. The van der Waals surface area contributed by atoms with Crippen molar-refractivity contribution in [1.82, 2.24) is 5.32 Å². The van der Waals surface area contributed by atoms with Gasteiger partial charge in [0, 0.05) is 6.54 Å². The molecule has 1 N–H and O–H groups in total. The molecule has 0 radical (unpaired) electrons. The predicted octanol–water partition coefficient (Wildman–Crippen LogP) is 4.15. The van der Waals surface area contributed by atoms with Crippen LogP contribution < -0.4 is 23.8 Å². The van der Waals surface area contributed by atoms with E-state index in [1.54, 1.807) is 36.4 Å². The largest absolute Gasteiger partial charge is 0.490 e. The highest BCUT2D eigenvalue weighted by molar-refractivity contribution is 7.92. The monoisotopic (exact) mass is 512 g/mol. The third kappa shape index (κ3) is 7.91. The van der Waals surface area contributed by atoms with E-state index >= 15 is 0 Å². The Balaban J connectivity index is 1.62. The van der Waals surface area contributed by atoms with E-state index in [0.29, 0.717) is 42.8 Å². The molecule has 0 saturated carbocycles. The van der Waals surface area contributed by atoms with E-state index in [-0.39, 0.29) is 13.1 Å². The number of rotatable bonds is 13. The number of anilines is 1. The Hall–Kier alpha value is -3.72. The molecule has 0 heterocycles. The Morgan fingerprint density at radius 2 is 1.50 bits per heavy atom. The molecule has 0 aliphatic rings. The molecule has 0 saturated heterocycles. The Labute approximate surface area is 212 Å². The molecule has 0 aliphatic carbocycles. The molecule has 9 heteroatoms. The van der Waals surface area contributed by atoms with Gasteiger partial charge in [-0.25, -0.2) is 8.42 Å². The number of benzene rings is 3. The van der Waals surface area contributed by atoms with Gasteiger partial charge in [0.05, 0.1) is 25.2 Å². The van der Waals surface area contributed by atoms with Gasteiger partial charge in [-0.15, -0.1) is 0 Å². The minimum atomic E-state index is -3.69. The van der Waals surface area contributed by atoms with Gasteiger partial charge in [0.2, 0.25) is 15.9 Å². The van der Waals surface area contributed by atoms with E-state index in [2.05, 4.69) is 5.32 Å². The number of hydrogen-bond donors (Lipinski definition) is 1. The van der Waals surface area contributed by atoms with Crippen LogP contribution in [0, 0.1) is 0 Å². The molecule has 3 rings (SSSR count). The van der Waals surface area contributed by atoms with Crippen LogP contribution in [0.1, 0.15) is 25.0 Å². The van der Waals surface area contributed by atoms with Crippen molar-refractivity contribution in [3.8, 4) is 17.2 Å². The zero-order valence-electron chi connectivity index (χ0n) is 20.8. The third-order valence-electron chi connectivity index (χ3n) is 5.16. The second kappa shape index (κ2) is 12.8. The quantitative estimate of drug-likeness (QED) is 0.370. The molecule has 192 valence electrons. The number of hydrogen-bond acceptors (Lipinski definition) is 6. The average molecular weight is 513 g/mol. The van der Waals surface area contributed by atoms with Crippen LogP contribution in [0.15, 0.2) is 72.8 Å². The Kier molecular flexibility index (Phi) is 9.58. The molecule has 3 aromatic carbocycles. The smallest absolute Gasteiger partial charge is 0.241 e. The fourth-order valence-electron chi connectivity index (χ4n) is 3.44. The highest BCUT2D eigenvalue weighted by Crippen LogP contribution is 2.28. The van der Waals surface area contributed by atoms with Crippen molar-refractivity contribution in [2.75, 3.05) is 30.3 Å². The first kappa shape index (κ1) is 26.9. The lowest BCUT2D eigenvalue weighted by Gasteiger charge is -2.22. The SMILES string of the molecule is CCOc1ccc(CNC(=O)CN(c2ccc(OCc3ccccc3)cc2)S(C)(=O)=O)cc1OCC. The van der Waals surface area contributed by atoms with Gasteiger partial charge >= 0.3 is 0 Å². The second-order valence-corrected chi connectivity index (χ2v) is 9.87. The van der Waals surface area contributed by atoms with Gasteiger partial charge in [0.1, 0.15) is 18.9 Å². The summed E-state index contributed by atoms with van der Waals surface area (Å²) in [5.41, 5.74) is 2.21. The average Bonchev–Trinajstić information content (AvgIpc) is 2.87. The molecule has 1 amide bonds. The summed E-state index contributed by atoms with van der Waals surface area (Å²) in [6.07, 6.45) is 1.07. The molecule has 0 fully saturated rings. The minimum Gasteiger partial charge on any atom is -0.490 e. The number of carbonyl (C=O) groups excluding carboxylic acids is 1. The van der Waals surface area contributed by atoms with Gasteiger partial charge in [-0.1, -0.05) is 36.4 Å². The molecular formula is C27H32N2O6S. The van der Waals surface area contributed by atoms with E-state index in [9.17, 15) is 13.2 Å². The fourth-order valence-corrected chi connectivity index (χ4v) is 4.30. The Bertz CT molecular complexity index is 1230. The van der Waals surface area contributed by atoms with Crippen LogP contribution in [0.25, 0.3) is 0 Å². The summed E-state index contributed by atoms with van der Waals surface area (Å²) in [6, 6.07) is 21.8. The lowest BCUT2D eigenvalue weighted by molar-refractivity contribution is -0.119. The zero-order valence-corrected chi connectivity index (χ0v) is 21.6. The maximum absolute atomic E-state index is 12.7. The van der Waals surface area contributed by atoms with E-state index in [1.165, 1.54) is 0 Å². The summed E-state index contributed by atoms with van der Waals surface area (Å²) in [6.45, 7) is 5.03. The highest BCUT2D eigenvalue weighted by atomic mass is 32.2. The van der Waals surface area contributed by atoms with E-state index in [1.807, 2.05) is 50.2 Å². The molecule has 0 spiro atoms. The summed E-state index contributed by atoms with van der Waals surface area (Å²) in [5, 5.41) is 2.78. The normalized spacial score (nSPS) is 11.0. The van der Waals surface area contributed by atoms with Gasteiger partial charge in [-0.2, -0.15) is 0 Å². The fraction of sp³-hybridized carbons (Fsp3) is 0.296. The van der Waals surface area contributed by atoms with Gasteiger partial charge in [-0.3, -0.25) is 9.10 Å². The first-order valence-electron chi connectivity index (χ1n) is 11.7. The Morgan fingerprint density at radius 1 is 0.833 bits per heavy atom. The van der Waals surface area contributed by atoms with Gasteiger partial charge < -0.3 is 19.5 Å². The summed E-state index contributed by atoms with van der Waals surface area (Å²) < 4.78 is 42.9. The van der Waals surface area contributed by atoms with E-state index < -0.39 is 15.9 Å². The highest BCUT2D eigenvalue weighted by Gasteiger charge is 2.21. The predicted molar refractivity (Wildman–Crippen MR) is 140 cm³/mol. The molecule has 0 aliphatic heterocycles. The van der Waals surface area contributed by atoms with Gasteiger partial charge in [-0.05, 0) is 61.4 Å². The first-order chi connectivity index (χ1) is 17.3. The van der Waals surface area contributed by atoms with Crippen molar-refractivity contribution in [2.45, 2.75) is 27.0 Å². The summed E-state index contributed by atoms with van der Waals surface area (Å²) in [4.78, 5) is 12.7. The summed E-state index contributed by atoms with van der Waals surface area (Å²) >= 11 is 0. The van der Waals surface area contributed by atoms with Gasteiger partial charge in [0.25, 0.3) is 0 Å². The van der Waals surface area contributed by atoms with Crippen LogP contribution in [-0.2, 0) is 28.0 Å². The lowest BCUT2D eigenvalue weighted by Crippen LogP contribution is -2.40. The van der Waals surface area contributed by atoms with Crippen LogP contribution in [0.2, 0.25) is 0 Å². The van der Waals surface area contributed by atoms with Crippen LogP contribution in [0.4, 0.5) is 5.69 Å². The van der Waals surface area contributed by atoms with Gasteiger partial charge in [0.15, 0.2) is 11.5 Å². The molecular weight excluding hydrogens is 480 g/mol. The van der Waals surface area contributed by atoms with Crippen LogP contribution in [-0.4, -0.2) is 40.3 Å². The molecule has 8 nitrogen and oxygen atoms in total.